The summed E-state index contributed by atoms with van der Waals surface area (Å²) in [4.78, 5) is 23.0. The molecule has 0 saturated heterocycles. The molecule has 0 saturated carbocycles. The Bertz CT molecular complexity index is 1200. The summed E-state index contributed by atoms with van der Waals surface area (Å²) in [7, 11) is 0. The molecule has 9 heteroatoms. The summed E-state index contributed by atoms with van der Waals surface area (Å²) in [5, 5.41) is 22.4. The van der Waals surface area contributed by atoms with Crippen LogP contribution in [0.1, 0.15) is 18.5 Å². The zero-order valence-electron chi connectivity index (χ0n) is 16.8. The number of carbonyl (C=O) groups excluding carboxylic acids is 1. The van der Waals surface area contributed by atoms with Crippen molar-refractivity contribution in [1.29, 1.82) is 0 Å². The third kappa shape index (κ3) is 4.35. The standard InChI is InChI=1S/C22H20N6O3/c1-16(26-15-20(13-24-26)28(30)31)22(29)23-12-18-14-27(19-10-6-3-7-11-19)25-21(18)17-8-4-2-5-9-17/h2-11,13-16H,12H2,1H3,(H,23,29). The van der Waals surface area contributed by atoms with Gasteiger partial charge in [-0.2, -0.15) is 10.2 Å². The van der Waals surface area contributed by atoms with Gasteiger partial charge in [0.05, 0.1) is 16.3 Å². The summed E-state index contributed by atoms with van der Waals surface area (Å²) >= 11 is 0. The third-order valence-electron chi connectivity index (χ3n) is 4.89. The molecule has 0 aliphatic rings. The average Bonchev–Trinajstić information content (AvgIpc) is 3.46. The molecule has 1 amide bonds. The van der Waals surface area contributed by atoms with E-state index in [1.165, 1.54) is 10.9 Å². The van der Waals surface area contributed by atoms with Gasteiger partial charge in [-0.1, -0.05) is 48.5 Å². The van der Waals surface area contributed by atoms with E-state index in [-0.39, 0.29) is 18.1 Å². The van der Waals surface area contributed by atoms with Gasteiger partial charge in [0.25, 0.3) is 0 Å². The van der Waals surface area contributed by atoms with E-state index in [0.29, 0.717) is 0 Å². The first kappa shape index (κ1) is 20.0. The quantitative estimate of drug-likeness (QED) is 0.366. The molecule has 1 unspecified atom stereocenters. The number of hydrogen-bond donors (Lipinski definition) is 1. The topological polar surface area (TPSA) is 108 Å². The first-order valence-electron chi connectivity index (χ1n) is 9.68. The van der Waals surface area contributed by atoms with Crippen LogP contribution >= 0.6 is 0 Å². The Balaban J connectivity index is 1.56. The Hall–Kier alpha value is -4.27. The lowest BCUT2D eigenvalue weighted by Crippen LogP contribution is -2.30. The van der Waals surface area contributed by atoms with E-state index >= 15 is 0 Å². The van der Waals surface area contributed by atoms with E-state index in [1.54, 1.807) is 11.6 Å². The van der Waals surface area contributed by atoms with Crippen molar-refractivity contribution in [3.8, 4) is 16.9 Å². The number of amides is 1. The highest BCUT2D eigenvalue weighted by Gasteiger charge is 2.20. The zero-order valence-corrected chi connectivity index (χ0v) is 16.8. The van der Waals surface area contributed by atoms with Crippen LogP contribution in [-0.4, -0.2) is 30.4 Å². The molecular weight excluding hydrogens is 396 g/mol. The number of hydrogen-bond acceptors (Lipinski definition) is 5. The van der Waals surface area contributed by atoms with Gasteiger partial charge in [-0.3, -0.25) is 19.6 Å². The van der Waals surface area contributed by atoms with E-state index in [2.05, 4.69) is 10.4 Å². The van der Waals surface area contributed by atoms with Crippen LogP contribution in [-0.2, 0) is 11.3 Å². The summed E-state index contributed by atoms with van der Waals surface area (Å²) in [6.07, 6.45) is 4.26. The fourth-order valence-corrected chi connectivity index (χ4v) is 3.18. The molecule has 2 aromatic carbocycles. The van der Waals surface area contributed by atoms with Crippen LogP contribution < -0.4 is 5.32 Å². The minimum absolute atomic E-state index is 0.157. The van der Waals surface area contributed by atoms with Crippen LogP contribution in [0, 0.1) is 10.1 Å². The van der Waals surface area contributed by atoms with E-state index in [0.717, 1.165) is 28.7 Å². The van der Waals surface area contributed by atoms with Crippen molar-refractivity contribution in [2.75, 3.05) is 0 Å². The monoisotopic (exact) mass is 416 g/mol. The Morgan fingerprint density at radius 2 is 1.77 bits per heavy atom. The number of carbonyl (C=O) groups is 1. The fraction of sp³-hybridized carbons (Fsp3) is 0.136. The molecule has 0 spiro atoms. The average molecular weight is 416 g/mol. The van der Waals surface area contributed by atoms with Crippen LogP contribution in [0.3, 0.4) is 0 Å². The molecule has 4 aromatic rings. The molecule has 156 valence electrons. The Labute approximate surface area is 178 Å². The maximum Gasteiger partial charge on any atom is 0.307 e. The Kier molecular flexibility index (Phi) is 5.57. The first-order chi connectivity index (χ1) is 15.0. The molecular formula is C22H20N6O3. The number of para-hydroxylation sites is 1. The van der Waals surface area contributed by atoms with E-state index < -0.39 is 11.0 Å². The molecule has 1 N–H and O–H groups in total. The Morgan fingerprint density at radius 3 is 2.42 bits per heavy atom. The highest BCUT2D eigenvalue weighted by molar-refractivity contribution is 5.80. The van der Waals surface area contributed by atoms with Crippen LogP contribution in [0.15, 0.2) is 79.3 Å². The van der Waals surface area contributed by atoms with Crippen LogP contribution in [0.4, 0.5) is 5.69 Å². The minimum atomic E-state index is -0.696. The van der Waals surface area contributed by atoms with Gasteiger partial charge in [-0.15, -0.1) is 0 Å². The molecule has 4 rings (SSSR count). The molecule has 0 radical (unpaired) electrons. The largest absolute Gasteiger partial charge is 0.350 e. The molecule has 1 atom stereocenters. The lowest BCUT2D eigenvalue weighted by Gasteiger charge is -2.12. The predicted octanol–water partition coefficient (Wildman–Crippen LogP) is 3.52. The van der Waals surface area contributed by atoms with Crippen molar-refractivity contribution in [1.82, 2.24) is 24.9 Å². The van der Waals surface area contributed by atoms with E-state index in [1.807, 2.05) is 66.9 Å². The van der Waals surface area contributed by atoms with Crippen LogP contribution in [0.2, 0.25) is 0 Å². The van der Waals surface area contributed by atoms with Gasteiger partial charge in [0, 0.05) is 23.9 Å². The molecule has 0 bridgehead atoms. The summed E-state index contributed by atoms with van der Waals surface area (Å²) < 4.78 is 3.06. The van der Waals surface area contributed by atoms with Gasteiger partial charge < -0.3 is 5.32 Å². The first-order valence-corrected chi connectivity index (χ1v) is 9.68. The SMILES string of the molecule is CC(C(=O)NCc1cn(-c2ccccc2)nc1-c1ccccc1)n1cc([N+](=O)[O-])cn1. The number of aromatic nitrogens is 4. The second-order valence-electron chi connectivity index (χ2n) is 6.98. The van der Waals surface area contributed by atoms with Crippen molar-refractivity contribution in [3.05, 3.63) is 94.9 Å². The Morgan fingerprint density at radius 1 is 1.10 bits per heavy atom. The molecule has 0 aliphatic heterocycles. The van der Waals surface area contributed by atoms with Crippen molar-refractivity contribution in [2.45, 2.75) is 19.5 Å². The minimum Gasteiger partial charge on any atom is -0.350 e. The van der Waals surface area contributed by atoms with E-state index in [4.69, 9.17) is 5.10 Å². The van der Waals surface area contributed by atoms with Crippen LogP contribution in [0.5, 0.6) is 0 Å². The predicted molar refractivity (Wildman–Crippen MR) is 114 cm³/mol. The molecule has 0 aliphatic carbocycles. The maximum absolute atomic E-state index is 12.7. The summed E-state index contributed by atoms with van der Waals surface area (Å²) in [5.41, 5.74) is 3.32. The highest BCUT2D eigenvalue weighted by atomic mass is 16.6. The molecule has 9 nitrogen and oxygen atoms in total. The van der Waals surface area contributed by atoms with Gasteiger partial charge in [-0.05, 0) is 19.1 Å². The van der Waals surface area contributed by atoms with Crippen molar-refractivity contribution in [3.63, 3.8) is 0 Å². The third-order valence-corrected chi connectivity index (χ3v) is 4.89. The van der Waals surface area contributed by atoms with Crippen LogP contribution in [0.25, 0.3) is 16.9 Å². The van der Waals surface area contributed by atoms with Crippen molar-refractivity contribution >= 4 is 11.6 Å². The number of nitrogens with one attached hydrogen (secondary N) is 1. The smallest absolute Gasteiger partial charge is 0.307 e. The van der Waals surface area contributed by atoms with Gasteiger partial charge in [-0.25, -0.2) is 4.68 Å². The highest BCUT2D eigenvalue weighted by Crippen LogP contribution is 2.24. The summed E-state index contributed by atoms with van der Waals surface area (Å²) in [5.74, 6) is -0.301. The number of benzene rings is 2. The van der Waals surface area contributed by atoms with Gasteiger partial charge in [0.15, 0.2) is 0 Å². The number of nitrogens with zero attached hydrogens (tertiary/aromatic N) is 5. The molecule has 2 heterocycles. The molecule has 31 heavy (non-hydrogen) atoms. The van der Waals surface area contributed by atoms with Crippen molar-refractivity contribution < 1.29 is 9.72 Å². The van der Waals surface area contributed by atoms with E-state index in [9.17, 15) is 14.9 Å². The second kappa shape index (κ2) is 8.62. The van der Waals surface area contributed by atoms with Crippen molar-refractivity contribution in [2.24, 2.45) is 0 Å². The lowest BCUT2D eigenvalue weighted by molar-refractivity contribution is -0.385. The maximum atomic E-state index is 12.7. The van der Waals surface area contributed by atoms with Gasteiger partial charge in [0.1, 0.15) is 18.4 Å². The second-order valence-corrected chi connectivity index (χ2v) is 6.98. The molecule has 2 aromatic heterocycles. The van der Waals surface area contributed by atoms with Gasteiger partial charge in [0.2, 0.25) is 5.91 Å². The lowest BCUT2D eigenvalue weighted by atomic mass is 10.1. The normalized spacial score (nSPS) is 11.8. The number of nitro groups is 1. The zero-order chi connectivity index (χ0) is 21.8. The summed E-state index contributed by atoms with van der Waals surface area (Å²) in [6, 6.07) is 18.8. The summed E-state index contributed by atoms with van der Waals surface area (Å²) in [6.45, 7) is 1.89. The fourth-order valence-electron chi connectivity index (χ4n) is 3.18. The van der Waals surface area contributed by atoms with Gasteiger partial charge >= 0.3 is 5.69 Å². The number of rotatable bonds is 7. The molecule has 0 fully saturated rings.